The monoisotopic (exact) mass is 298 g/mol. The molecule has 4 heteroatoms. The first-order valence-corrected chi connectivity index (χ1v) is 8.25. The maximum Gasteiger partial charge on any atom is 0.163 e. The molecule has 2 aromatic rings. The summed E-state index contributed by atoms with van der Waals surface area (Å²) in [4.78, 5) is 15.9. The fourth-order valence-corrected chi connectivity index (χ4v) is 2.38. The highest BCUT2D eigenvalue weighted by atomic mass is 15.2. The lowest BCUT2D eigenvalue weighted by atomic mass is 10.2. The zero-order valence-corrected chi connectivity index (χ0v) is 13.9. The molecule has 0 N–H and O–H groups in total. The molecule has 2 rings (SSSR count). The minimum absolute atomic E-state index is 0.765. The third-order valence-electron chi connectivity index (χ3n) is 3.65. The molecule has 0 saturated carbocycles. The van der Waals surface area contributed by atoms with E-state index >= 15 is 0 Å². The van der Waals surface area contributed by atoms with E-state index in [0.717, 1.165) is 36.0 Å². The highest BCUT2D eigenvalue weighted by Crippen LogP contribution is 2.20. The topological polar surface area (TPSA) is 41.9 Å². The molecule has 0 aliphatic rings. The normalized spacial score (nSPS) is 10.7. The standard InChI is InChI=1S/C18H26N4/c1-4-6-11-22(12-7-5-2)17-13-15(3)20-18(21-17)16-9-8-10-19-14-16/h8-10,13-14H,4-7,11-12H2,1-3H3. The van der Waals surface area contributed by atoms with Gasteiger partial charge in [0.15, 0.2) is 5.82 Å². The van der Waals surface area contributed by atoms with Gasteiger partial charge in [-0.15, -0.1) is 0 Å². The van der Waals surface area contributed by atoms with Crippen LogP contribution >= 0.6 is 0 Å². The molecule has 0 radical (unpaired) electrons. The number of anilines is 1. The van der Waals surface area contributed by atoms with Gasteiger partial charge in [-0.2, -0.15) is 0 Å². The van der Waals surface area contributed by atoms with Gasteiger partial charge in [0, 0.05) is 42.8 Å². The van der Waals surface area contributed by atoms with E-state index < -0.39 is 0 Å². The van der Waals surface area contributed by atoms with E-state index in [0.29, 0.717) is 0 Å². The number of unbranched alkanes of at least 4 members (excludes halogenated alkanes) is 2. The first-order chi connectivity index (χ1) is 10.7. The summed E-state index contributed by atoms with van der Waals surface area (Å²) in [6.07, 6.45) is 8.37. The lowest BCUT2D eigenvalue weighted by Gasteiger charge is -2.24. The number of nitrogens with zero attached hydrogens (tertiary/aromatic N) is 4. The van der Waals surface area contributed by atoms with Gasteiger partial charge in [-0.05, 0) is 31.9 Å². The van der Waals surface area contributed by atoms with Crippen LogP contribution in [0.4, 0.5) is 5.82 Å². The fraction of sp³-hybridized carbons (Fsp3) is 0.500. The van der Waals surface area contributed by atoms with E-state index in [1.807, 2.05) is 25.3 Å². The molecular formula is C18H26N4. The molecule has 22 heavy (non-hydrogen) atoms. The molecule has 0 atom stereocenters. The van der Waals surface area contributed by atoms with Gasteiger partial charge in [0.05, 0.1) is 0 Å². The Hall–Kier alpha value is -1.97. The Balaban J connectivity index is 2.29. The molecule has 0 aromatic carbocycles. The smallest absolute Gasteiger partial charge is 0.163 e. The van der Waals surface area contributed by atoms with Crippen molar-refractivity contribution >= 4 is 5.82 Å². The van der Waals surface area contributed by atoms with Crippen molar-refractivity contribution in [1.82, 2.24) is 15.0 Å². The molecule has 0 aliphatic carbocycles. The fourth-order valence-electron chi connectivity index (χ4n) is 2.38. The molecule has 0 fully saturated rings. The zero-order valence-electron chi connectivity index (χ0n) is 13.9. The van der Waals surface area contributed by atoms with Gasteiger partial charge in [-0.25, -0.2) is 9.97 Å². The van der Waals surface area contributed by atoms with Crippen LogP contribution < -0.4 is 4.90 Å². The molecular weight excluding hydrogens is 272 g/mol. The van der Waals surface area contributed by atoms with E-state index in [1.165, 1.54) is 25.7 Å². The molecule has 4 nitrogen and oxygen atoms in total. The Bertz CT molecular complexity index is 561. The lowest BCUT2D eigenvalue weighted by Crippen LogP contribution is -2.27. The van der Waals surface area contributed by atoms with Gasteiger partial charge in [-0.3, -0.25) is 4.98 Å². The Morgan fingerprint density at radius 2 is 1.77 bits per heavy atom. The van der Waals surface area contributed by atoms with Crippen molar-refractivity contribution in [2.75, 3.05) is 18.0 Å². The second-order valence-electron chi connectivity index (χ2n) is 5.63. The van der Waals surface area contributed by atoms with Gasteiger partial charge >= 0.3 is 0 Å². The molecule has 0 bridgehead atoms. The van der Waals surface area contributed by atoms with Crippen molar-refractivity contribution in [2.45, 2.75) is 46.5 Å². The molecule has 0 unspecified atom stereocenters. The van der Waals surface area contributed by atoms with Crippen molar-refractivity contribution in [3.05, 3.63) is 36.3 Å². The Morgan fingerprint density at radius 1 is 1.05 bits per heavy atom. The molecule has 2 aromatic heterocycles. The second kappa shape index (κ2) is 8.47. The Morgan fingerprint density at radius 3 is 2.36 bits per heavy atom. The summed E-state index contributed by atoms with van der Waals surface area (Å²) in [7, 11) is 0. The van der Waals surface area contributed by atoms with E-state index in [1.54, 1.807) is 6.20 Å². The average molecular weight is 298 g/mol. The number of aryl methyl sites for hydroxylation is 1. The lowest BCUT2D eigenvalue weighted by molar-refractivity contribution is 0.670. The summed E-state index contributed by atoms with van der Waals surface area (Å²) in [6, 6.07) is 6.02. The van der Waals surface area contributed by atoms with Crippen molar-refractivity contribution in [1.29, 1.82) is 0 Å². The molecule has 0 aliphatic heterocycles. The summed E-state index contributed by atoms with van der Waals surface area (Å²) in [6.45, 7) is 8.59. The maximum atomic E-state index is 4.78. The van der Waals surface area contributed by atoms with Crippen molar-refractivity contribution in [2.24, 2.45) is 0 Å². The van der Waals surface area contributed by atoms with Gasteiger partial charge in [0.2, 0.25) is 0 Å². The van der Waals surface area contributed by atoms with E-state index in [9.17, 15) is 0 Å². The Kier molecular flexibility index (Phi) is 6.31. The van der Waals surface area contributed by atoms with Crippen LogP contribution in [0, 0.1) is 6.92 Å². The minimum atomic E-state index is 0.765. The molecule has 0 saturated heterocycles. The predicted molar refractivity (Wildman–Crippen MR) is 92.0 cm³/mol. The summed E-state index contributed by atoms with van der Waals surface area (Å²) in [5, 5.41) is 0. The van der Waals surface area contributed by atoms with E-state index in [-0.39, 0.29) is 0 Å². The number of hydrogen-bond acceptors (Lipinski definition) is 4. The number of hydrogen-bond donors (Lipinski definition) is 0. The Labute approximate surface area is 133 Å². The van der Waals surface area contributed by atoms with Crippen molar-refractivity contribution < 1.29 is 0 Å². The molecule has 2 heterocycles. The number of pyridine rings is 1. The van der Waals surface area contributed by atoms with Crippen molar-refractivity contribution in [3.8, 4) is 11.4 Å². The van der Waals surface area contributed by atoms with E-state index in [4.69, 9.17) is 4.98 Å². The predicted octanol–water partition coefficient (Wildman–Crippen LogP) is 4.25. The van der Waals surface area contributed by atoms with E-state index in [2.05, 4.69) is 34.8 Å². The van der Waals surface area contributed by atoms with Crippen LogP contribution in [-0.2, 0) is 0 Å². The largest absolute Gasteiger partial charge is 0.356 e. The van der Waals surface area contributed by atoms with Crippen LogP contribution in [0.3, 0.4) is 0 Å². The second-order valence-corrected chi connectivity index (χ2v) is 5.63. The minimum Gasteiger partial charge on any atom is -0.356 e. The summed E-state index contributed by atoms with van der Waals surface area (Å²) < 4.78 is 0. The van der Waals surface area contributed by atoms with Gasteiger partial charge in [0.1, 0.15) is 5.82 Å². The van der Waals surface area contributed by atoms with Crippen LogP contribution in [0.15, 0.2) is 30.6 Å². The van der Waals surface area contributed by atoms with Crippen LogP contribution in [0.1, 0.15) is 45.2 Å². The van der Waals surface area contributed by atoms with Crippen LogP contribution in [0.5, 0.6) is 0 Å². The van der Waals surface area contributed by atoms with Gasteiger partial charge < -0.3 is 4.90 Å². The molecule has 118 valence electrons. The maximum absolute atomic E-state index is 4.78. The third kappa shape index (κ3) is 4.52. The quantitative estimate of drug-likeness (QED) is 0.730. The summed E-state index contributed by atoms with van der Waals surface area (Å²) >= 11 is 0. The highest BCUT2D eigenvalue weighted by Gasteiger charge is 2.11. The van der Waals surface area contributed by atoms with Crippen LogP contribution in [-0.4, -0.2) is 28.0 Å². The van der Waals surface area contributed by atoms with Gasteiger partial charge in [0.25, 0.3) is 0 Å². The molecule has 0 amide bonds. The number of rotatable bonds is 8. The highest BCUT2D eigenvalue weighted by molar-refractivity contribution is 5.56. The molecule has 0 spiro atoms. The number of aromatic nitrogens is 3. The third-order valence-corrected chi connectivity index (χ3v) is 3.65. The first-order valence-electron chi connectivity index (χ1n) is 8.25. The van der Waals surface area contributed by atoms with Crippen LogP contribution in [0.25, 0.3) is 11.4 Å². The van der Waals surface area contributed by atoms with Gasteiger partial charge in [-0.1, -0.05) is 26.7 Å². The first kappa shape index (κ1) is 16.4. The average Bonchev–Trinajstić information content (AvgIpc) is 2.55. The summed E-state index contributed by atoms with van der Waals surface area (Å²) in [5.41, 5.74) is 1.97. The zero-order chi connectivity index (χ0) is 15.8. The summed E-state index contributed by atoms with van der Waals surface area (Å²) in [5.74, 6) is 1.80. The van der Waals surface area contributed by atoms with Crippen LogP contribution in [0.2, 0.25) is 0 Å². The SMILES string of the molecule is CCCCN(CCCC)c1cc(C)nc(-c2cccnc2)n1. The van der Waals surface area contributed by atoms with Crippen molar-refractivity contribution in [3.63, 3.8) is 0 Å².